The highest BCUT2D eigenvalue weighted by Gasteiger charge is 2.34. The highest BCUT2D eigenvalue weighted by Crippen LogP contribution is 2.37. The molecule has 0 aliphatic heterocycles. The fraction of sp³-hybridized carbons (Fsp3) is 0.120. The molecular weight excluding hydrogens is 526 g/mol. The van der Waals surface area contributed by atoms with Crippen molar-refractivity contribution in [3.63, 3.8) is 0 Å². The van der Waals surface area contributed by atoms with E-state index in [1.165, 1.54) is 6.07 Å². The standard InChI is InChI=1S/C25H15Cl3F3NO3/c1-12-7-21-16(10-19(12)28)23(13-3-2-4-14(26)8-13)17(24(34)35-21)11-22(33)32-20-6-5-15(27)9-18(20)25(29,30)31/h2-10H,11H2,1H3,(H,32,33). The predicted octanol–water partition coefficient (Wildman–Crippen LogP) is 7.93. The third-order valence-electron chi connectivity index (χ3n) is 5.29. The van der Waals surface area contributed by atoms with Gasteiger partial charge in [-0.15, -0.1) is 0 Å². The maximum absolute atomic E-state index is 13.4. The van der Waals surface area contributed by atoms with Crippen LogP contribution in [0.5, 0.6) is 0 Å². The molecular formula is C25H15Cl3F3NO3. The first-order valence-corrected chi connectivity index (χ1v) is 11.3. The quantitative estimate of drug-likeness (QED) is 0.267. The van der Waals surface area contributed by atoms with Gasteiger partial charge in [0.25, 0.3) is 0 Å². The molecule has 0 bridgehead atoms. The largest absolute Gasteiger partial charge is 0.422 e. The van der Waals surface area contributed by atoms with Gasteiger partial charge in [0, 0.05) is 26.0 Å². The molecule has 1 aromatic heterocycles. The molecule has 1 heterocycles. The van der Waals surface area contributed by atoms with Crippen LogP contribution in [0.15, 0.2) is 63.8 Å². The molecule has 35 heavy (non-hydrogen) atoms. The van der Waals surface area contributed by atoms with E-state index in [9.17, 15) is 22.8 Å². The normalized spacial score (nSPS) is 11.6. The lowest BCUT2D eigenvalue weighted by molar-refractivity contribution is -0.137. The van der Waals surface area contributed by atoms with E-state index in [2.05, 4.69) is 5.32 Å². The van der Waals surface area contributed by atoms with Crippen LogP contribution in [0.1, 0.15) is 16.7 Å². The zero-order valence-electron chi connectivity index (χ0n) is 17.9. The third kappa shape index (κ3) is 5.32. The molecule has 4 nitrogen and oxygen atoms in total. The Morgan fingerprint density at radius 1 is 1.00 bits per heavy atom. The van der Waals surface area contributed by atoms with Crippen LogP contribution in [-0.2, 0) is 17.4 Å². The maximum Gasteiger partial charge on any atom is 0.418 e. The lowest BCUT2D eigenvalue weighted by Gasteiger charge is -2.16. The molecule has 0 atom stereocenters. The molecule has 1 N–H and O–H groups in total. The van der Waals surface area contributed by atoms with Gasteiger partial charge in [-0.1, -0.05) is 46.9 Å². The summed E-state index contributed by atoms with van der Waals surface area (Å²) in [5, 5.41) is 3.33. The number of alkyl halides is 3. The minimum Gasteiger partial charge on any atom is -0.422 e. The van der Waals surface area contributed by atoms with Crippen LogP contribution < -0.4 is 10.9 Å². The van der Waals surface area contributed by atoms with Crippen molar-refractivity contribution in [2.75, 3.05) is 5.32 Å². The molecule has 0 radical (unpaired) electrons. The number of aryl methyl sites for hydroxylation is 1. The summed E-state index contributed by atoms with van der Waals surface area (Å²) in [6.45, 7) is 1.74. The van der Waals surface area contributed by atoms with Crippen molar-refractivity contribution < 1.29 is 22.4 Å². The second kappa shape index (κ2) is 9.57. The van der Waals surface area contributed by atoms with Crippen LogP contribution in [0.4, 0.5) is 18.9 Å². The summed E-state index contributed by atoms with van der Waals surface area (Å²) < 4.78 is 45.8. The lowest BCUT2D eigenvalue weighted by atomic mass is 9.94. The molecule has 180 valence electrons. The first kappa shape index (κ1) is 25.1. The number of carbonyl (C=O) groups is 1. The summed E-state index contributed by atoms with van der Waals surface area (Å²) >= 11 is 18.2. The van der Waals surface area contributed by atoms with Crippen molar-refractivity contribution in [1.29, 1.82) is 0 Å². The summed E-state index contributed by atoms with van der Waals surface area (Å²) in [7, 11) is 0. The van der Waals surface area contributed by atoms with Gasteiger partial charge >= 0.3 is 11.8 Å². The number of halogens is 6. The summed E-state index contributed by atoms with van der Waals surface area (Å²) in [5.74, 6) is -0.856. The van der Waals surface area contributed by atoms with Crippen LogP contribution in [-0.4, -0.2) is 5.91 Å². The van der Waals surface area contributed by atoms with Gasteiger partial charge in [0.05, 0.1) is 23.2 Å². The molecule has 0 aliphatic carbocycles. The Labute approximate surface area is 212 Å². The van der Waals surface area contributed by atoms with E-state index in [0.29, 0.717) is 38.2 Å². The van der Waals surface area contributed by atoms with E-state index >= 15 is 0 Å². The van der Waals surface area contributed by atoms with E-state index in [1.807, 2.05) is 0 Å². The van der Waals surface area contributed by atoms with Crippen molar-refractivity contribution in [2.24, 2.45) is 0 Å². The molecule has 0 fully saturated rings. The van der Waals surface area contributed by atoms with Crippen molar-refractivity contribution in [3.8, 4) is 11.1 Å². The Morgan fingerprint density at radius 2 is 1.71 bits per heavy atom. The van der Waals surface area contributed by atoms with Crippen molar-refractivity contribution in [2.45, 2.75) is 19.5 Å². The van der Waals surface area contributed by atoms with Crippen LogP contribution in [0, 0.1) is 6.92 Å². The van der Waals surface area contributed by atoms with Gasteiger partial charge in [-0.05, 0) is 60.5 Å². The van der Waals surface area contributed by atoms with Crippen molar-refractivity contribution >= 4 is 57.4 Å². The summed E-state index contributed by atoms with van der Waals surface area (Å²) in [6, 6.07) is 12.8. The minimum atomic E-state index is -4.75. The third-order valence-corrected chi connectivity index (χ3v) is 6.17. The molecule has 3 aromatic carbocycles. The number of hydrogen-bond acceptors (Lipinski definition) is 3. The number of hydrogen-bond donors (Lipinski definition) is 1. The van der Waals surface area contributed by atoms with Crippen molar-refractivity contribution in [3.05, 3.63) is 96.8 Å². The number of benzene rings is 3. The smallest absolute Gasteiger partial charge is 0.418 e. The Kier molecular flexibility index (Phi) is 6.86. The summed E-state index contributed by atoms with van der Waals surface area (Å²) in [4.78, 5) is 25.8. The number of anilines is 1. The Balaban J connectivity index is 1.84. The number of rotatable bonds is 4. The molecule has 0 saturated heterocycles. The van der Waals surface area contributed by atoms with Gasteiger partial charge in [0.2, 0.25) is 5.91 Å². The van der Waals surface area contributed by atoms with Crippen LogP contribution in [0.3, 0.4) is 0 Å². The van der Waals surface area contributed by atoms with Gasteiger partial charge < -0.3 is 9.73 Å². The topological polar surface area (TPSA) is 59.3 Å². The highest BCUT2D eigenvalue weighted by molar-refractivity contribution is 6.32. The molecule has 4 rings (SSSR count). The second-order valence-electron chi connectivity index (χ2n) is 7.76. The van der Waals surface area contributed by atoms with E-state index < -0.39 is 35.4 Å². The molecule has 10 heteroatoms. The average Bonchev–Trinajstić information content (AvgIpc) is 2.76. The van der Waals surface area contributed by atoms with E-state index in [4.69, 9.17) is 39.2 Å². The number of nitrogens with one attached hydrogen (secondary N) is 1. The second-order valence-corrected chi connectivity index (χ2v) is 9.04. The van der Waals surface area contributed by atoms with Crippen LogP contribution in [0.25, 0.3) is 22.1 Å². The zero-order valence-corrected chi connectivity index (χ0v) is 20.2. The first-order valence-electron chi connectivity index (χ1n) is 10.1. The molecule has 4 aromatic rings. The fourth-order valence-electron chi connectivity index (χ4n) is 3.71. The van der Waals surface area contributed by atoms with Gasteiger partial charge in [-0.2, -0.15) is 13.2 Å². The van der Waals surface area contributed by atoms with E-state index in [0.717, 1.165) is 6.07 Å². The Morgan fingerprint density at radius 3 is 2.40 bits per heavy atom. The van der Waals surface area contributed by atoms with E-state index in [1.54, 1.807) is 43.3 Å². The monoisotopic (exact) mass is 539 g/mol. The highest BCUT2D eigenvalue weighted by atomic mass is 35.5. The Bertz CT molecular complexity index is 1530. The predicted molar refractivity (Wildman–Crippen MR) is 131 cm³/mol. The fourth-order valence-corrected chi connectivity index (χ4v) is 4.24. The lowest BCUT2D eigenvalue weighted by Crippen LogP contribution is -2.22. The minimum absolute atomic E-state index is 0.0558. The van der Waals surface area contributed by atoms with Gasteiger partial charge in [-0.3, -0.25) is 4.79 Å². The molecule has 0 spiro atoms. The van der Waals surface area contributed by atoms with Crippen LogP contribution >= 0.6 is 34.8 Å². The number of fused-ring (bicyclic) bond motifs is 1. The maximum atomic E-state index is 13.4. The van der Waals surface area contributed by atoms with E-state index in [-0.39, 0.29) is 16.2 Å². The average molecular weight is 541 g/mol. The summed E-state index contributed by atoms with van der Waals surface area (Å²) in [5.41, 5.74) is -0.679. The Hall–Kier alpha value is -3.00. The first-order chi connectivity index (χ1) is 16.4. The zero-order chi connectivity index (χ0) is 25.5. The SMILES string of the molecule is Cc1cc2oc(=O)c(CC(=O)Nc3ccc(Cl)cc3C(F)(F)F)c(-c3cccc(Cl)c3)c2cc1Cl. The molecule has 0 unspecified atom stereocenters. The van der Waals surface area contributed by atoms with Gasteiger partial charge in [0.1, 0.15) is 5.58 Å². The van der Waals surface area contributed by atoms with Gasteiger partial charge in [-0.25, -0.2) is 4.79 Å². The summed E-state index contributed by atoms with van der Waals surface area (Å²) in [6.07, 6.45) is -5.32. The number of carbonyl (C=O) groups excluding carboxylic acids is 1. The number of amides is 1. The van der Waals surface area contributed by atoms with Gasteiger partial charge in [0.15, 0.2) is 0 Å². The van der Waals surface area contributed by atoms with Crippen LogP contribution in [0.2, 0.25) is 15.1 Å². The molecule has 0 aliphatic rings. The van der Waals surface area contributed by atoms with Crippen molar-refractivity contribution in [1.82, 2.24) is 0 Å². The molecule has 0 saturated carbocycles. The molecule has 1 amide bonds.